The zero-order valence-electron chi connectivity index (χ0n) is 10.3. The number of hydrogen-bond donors (Lipinski definition) is 1. The third kappa shape index (κ3) is 4.06. The van der Waals surface area contributed by atoms with Gasteiger partial charge >= 0.3 is 5.97 Å². The van der Waals surface area contributed by atoms with Crippen LogP contribution in [0.3, 0.4) is 0 Å². The van der Waals surface area contributed by atoms with Gasteiger partial charge in [0.15, 0.2) is 0 Å². The predicted molar refractivity (Wildman–Crippen MR) is 67.5 cm³/mol. The SMILES string of the molecule is O=C(O)/C=C/c1cc(F)ccc1OC1CCCOC1. The highest BCUT2D eigenvalue weighted by Gasteiger charge is 2.16. The first-order chi connectivity index (χ1) is 9.15. The lowest BCUT2D eigenvalue weighted by atomic mass is 10.1. The second-order valence-corrected chi connectivity index (χ2v) is 4.31. The van der Waals surface area contributed by atoms with E-state index in [2.05, 4.69) is 0 Å². The molecule has 1 aliphatic rings. The molecule has 0 amide bonds. The molecular weight excluding hydrogens is 251 g/mol. The molecule has 19 heavy (non-hydrogen) atoms. The van der Waals surface area contributed by atoms with E-state index < -0.39 is 11.8 Å². The molecule has 1 aliphatic heterocycles. The van der Waals surface area contributed by atoms with E-state index in [1.807, 2.05) is 0 Å². The molecule has 0 radical (unpaired) electrons. The highest BCUT2D eigenvalue weighted by Crippen LogP contribution is 2.24. The zero-order chi connectivity index (χ0) is 13.7. The molecular formula is C14H15FO4. The van der Waals surface area contributed by atoms with Crippen LogP contribution in [0.4, 0.5) is 4.39 Å². The van der Waals surface area contributed by atoms with Gasteiger partial charge in [0.2, 0.25) is 0 Å². The number of halogens is 1. The van der Waals surface area contributed by atoms with E-state index in [-0.39, 0.29) is 6.10 Å². The summed E-state index contributed by atoms with van der Waals surface area (Å²) in [6, 6.07) is 4.04. The van der Waals surface area contributed by atoms with Crippen LogP contribution in [0.5, 0.6) is 5.75 Å². The van der Waals surface area contributed by atoms with Gasteiger partial charge < -0.3 is 14.6 Å². The Morgan fingerprint density at radius 3 is 3.05 bits per heavy atom. The van der Waals surface area contributed by atoms with Crippen molar-refractivity contribution < 1.29 is 23.8 Å². The molecule has 1 unspecified atom stereocenters. The van der Waals surface area contributed by atoms with Gasteiger partial charge in [-0.3, -0.25) is 0 Å². The standard InChI is InChI=1S/C14H15FO4/c15-11-4-5-13(10(8-11)3-6-14(16)17)19-12-2-1-7-18-9-12/h3-6,8,12H,1-2,7,9H2,(H,16,17)/b6-3+. The predicted octanol–water partition coefficient (Wildman–Crippen LogP) is 2.48. The fourth-order valence-corrected chi connectivity index (χ4v) is 1.90. The molecule has 0 aliphatic carbocycles. The summed E-state index contributed by atoms with van der Waals surface area (Å²) < 4.78 is 24.2. The summed E-state index contributed by atoms with van der Waals surface area (Å²) in [5.41, 5.74) is 0.410. The smallest absolute Gasteiger partial charge is 0.328 e. The molecule has 0 aromatic heterocycles. The number of rotatable bonds is 4. The number of hydrogen-bond acceptors (Lipinski definition) is 3. The maximum Gasteiger partial charge on any atom is 0.328 e. The van der Waals surface area contributed by atoms with Gasteiger partial charge in [-0.2, -0.15) is 0 Å². The lowest BCUT2D eigenvalue weighted by Gasteiger charge is -2.24. The fourth-order valence-electron chi connectivity index (χ4n) is 1.90. The molecule has 5 heteroatoms. The van der Waals surface area contributed by atoms with Gasteiger partial charge in [-0.1, -0.05) is 0 Å². The van der Waals surface area contributed by atoms with Crippen molar-refractivity contribution >= 4 is 12.0 Å². The molecule has 4 nitrogen and oxygen atoms in total. The Labute approximate surface area is 110 Å². The van der Waals surface area contributed by atoms with E-state index in [0.29, 0.717) is 17.9 Å². The number of carboxylic acid groups (broad SMARTS) is 1. The van der Waals surface area contributed by atoms with Crippen LogP contribution in [-0.4, -0.2) is 30.4 Å². The normalized spacial score (nSPS) is 19.5. The number of aliphatic carboxylic acids is 1. The van der Waals surface area contributed by atoms with Crippen LogP contribution in [-0.2, 0) is 9.53 Å². The van der Waals surface area contributed by atoms with Crippen molar-refractivity contribution in [2.24, 2.45) is 0 Å². The zero-order valence-corrected chi connectivity index (χ0v) is 10.3. The maximum absolute atomic E-state index is 13.2. The minimum atomic E-state index is -1.09. The minimum absolute atomic E-state index is 0.0730. The van der Waals surface area contributed by atoms with Crippen LogP contribution in [0.25, 0.3) is 6.08 Å². The van der Waals surface area contributed by atoms with Crippen molar-refractivity contribution in [1.82, 2.24) is 0 Å². The van der Waals surface area contributed by atoms with Gasteiger partial charge in [-0.25, -0.2) is 9.18 Å². The molecule has 1 fully saturated rings. The Bertz CT molecular complexity index is 478. The van der Waals surface area contributed by atoms with Crippen LogP contribution in [0.1, 0.15) is 18.4 Å². The molecule has 102 valence electrons. The molecule has 1 aromatic carbocycles. The molecule has 0 spiro atoms. The van der Waals surface area contributed by atoms with E-state index in [4.69, 9.17) is 14.6 Å². The molecule has 0 saturated carbocycles. The van der Waals surface area contributed by atoms with Crippen molar-refractivity contribution in [2.45, 2.75) is 18.9 Å². The van der Waals surface area contributed by atoms with Gasteiger partial charge in [0.05, 0.1) is 6.61 Å². The highest BCUT2D eigenvalue weighted by atomic mass is 19.1. The van der Waals surface area contributed by atoms with Gasteiger partial charge in [0.25, 0.3) is 0 Å². The van der Waals surface area contributed by atoms with E-state index in [1.54, 1.807) is 0 Å². The van der Waals surface area contributed by atoms with Crippen LogP contribution < -0.4 is 4.74 Å². The molecule has 1 saturated heterocycles. The van der Waals surface area contributed by atoms with Crippen molar-refractivity contribution in [2.75, 3.05) is 13.2 Å². The van der Waals surface area contributed by atoms with Crippen LogP contribution >= 0.6 is 0 Å². The number of benzene rings is 1. The van der Waals surface area contributed by atoms with Crippen molar-refractivity contribution in [3.05, 3.63) is 35.7 Å². The third-order valence-corrected chi connectivity index (χ3v) is 2.79. The summed E-state index contributed by atoms with van der Waals surface area (Å²) in [5.74, 6) is -1.05. The first-order valence-electron chi connectivity index (χ1n) is 6.10. The molecule has 1 heterocycles. The van der Waals surface area contributed by atoms with Crippen molar-refractivity contribution in [3.8, 4) is 5.75 Å². The molecule has 1 atom stereocenters. The van der Waals surface area contributed by atoms with E-state index in [9.17, 15) is 9.18 Å². The Morgan fingerprint density at radius 1 is 1.53 bits per heavy atom. The summed E-state index contributed by atoms with van der Waals surface area (Å²) in [6.07, 6.45) is 4.01. The lowest BCUT2D eigenvalue weighted by Crippen LogP contribution is -2.28. The Morgan fingerprint density at radius 2 is 2.37 bits per heavy atom. The summed E-state index contributed by atoms with van der Waals surface area (Å²) >= 11 is 0. The highest BCUT2D eigenvalue weighted by molar-refractivity contribution is 5.85. The Balaban J connectivity index is 2.15. The first-order valence-corrected chi connectivity index (χ1v) is 6.10. The second-order valence-electron chi connectivity index (χ2n) is 4.31. The summed E-state index contributed by atoms with van der Waals surface area (Å²) in [4.78, 5) is 10.5. The molecule has 1 N–H and O–H groups in total. The van der Waals surface area contributed by atoms with E-state index in [1.165, 1.54) is 24.3 Å². The van der Waals surface area contributed by atoms with Gasteiger partial charge in [-0.05, 0) is 37.1 Å². The quantitative estimate of drug-likeness (QED) is 0.851. The van der Waals surface area contributed by atoms with Gasteiger partial charge in [0.1, 0.15) is 17.7 Å². The monoisotopic (exact) mass is 266 g/mol. The molecule has 2 rings (SSSR count). The molecule has 1 aromatic rings. The average Bonchev–Trinajstić information content (AvgIpc) is 2.40. The average molecular weight is 266 g/mol. The summed E-state index contributed by atoms with van der Waals surface area (Å²) in [7, 11) is 0. The number of carboxylic acids is 1. The Kier molecular flexibility index (Phi) is 4.52. The van der Waals surface area contributed by atoms with Gasteiger partial charge in [-0.15, -0.1) is 0 Å². The van der Waals surface area contributed by atoms with Crippen molar-refractivity contribution in [1.29, 1.82) is 0 Å². The topological polar surface area (TPSA) is 55.8 Å². The third-order valence-electron chi connectivity index (χ3n) is 2.79. The number of ether oxygens (including phenoxy) is 2. The first kappa shape index (κ1) is 13.5. The summed E-state index contributed by atoms with van der Waals surface area (Å²) in [5, 5.41) is 8.62. The molecule has 0 bridgehead atoms. The van der Waals surface area contributed by atoms with Crippen LogP contribution in [0.2, 0.25) is 0 Å². The number of carbonyl (C=O) groups is 1. The second kappa shape index (κ2) is 6.33. The van der Waals surface area contributed by atoms with Crippen LogP contribution in [0, 0.1) is 5.82 Å². The fraction of sp³-hybridized carbons (Fsp3) is 0.357. The van der Waals surface area contributed by atoms with Gasteiger partial charge in [0, 0.05) is 18.2 Å². The van der Waals surface area contributed by atoms with E-state index >= 15 is 0 Å². The van der Waals surface area contributed by atoms with Crippen LogP contribution in [0.15, 0.2) is 24.3 Å². The van der Waals surface area contributed by atoms with Crippen molar-refractivity contribution in [3.63, 3.8) is 0 Å². The largest absolute Gasteiger partial charge is 0.487 e. The lowest BCUT2D eigenvalue weighted by molar-refractivity contribution is -0.131. The maximum atomic E-state index is 13.2. The summed E-state index contributed by atoms with van der Waals surface area (Å²) in [6.45, 7) is 1.23. The van der Waals surface area contributed by atoms with E-state index in [0.717, 1.165) is 25.5 Å². The Hall–Kier alpha value is -1.88. The minimum Gasteiger partial charge on any atom is -0.487 e.